The van der Waals surface area contributed by atoms with Crippen LogP contribution < -0.4 is 4.90 Å². The van der Waals surface area contributed by atoms with Crippen molar-refractivity contribution < 1.29 is 18.1 Å². The van der Waals surface area contributed by atoms with Gasteiger partial charge in [0.25, 0.3) is 5.69 Å². The average molecular weight is 300 g/mol. The summed E-state index contributed by atoms with van der Waals surface area (Å²) in [6.07, 6.45) is -0.377. The molecule has 2 aliphatic rings. The van der Waals surface area contributed by atoms with Crippen LogP contribution >= 0.6 is 0 Å². The third kappa shape index (κ3) is 2.69. The summed E-state index contributed by atoms with van der Waals surface area (Å²) < 4.78 is 39.0. The third-order valence-electron chi connectivity index (χ3n) is 4.47. The minimum atomic E-state index is -4.72. The molecular weight excluding hydrogens is 285 g/mol. The number of nitrogens with zero attached hydrogens (tertiary/aromatic N) is 2. The lowest BCUT2D eigenvalue weighted by molar-refractivity contribution is -0.388. The molecule has 1 aromatic rings. The summed E-state index contributed by atoms with van der Waals surface area (Å²) in [6.45, 7) is 1.46. The van der Waals surface area contributed by atoms with Gasteiger partial charge in [-0.2, -0.15) is 13.2 Å². The quantitative estimate of drug-likeness (QED) is 0.613. The smallest absolute Gasteiger partial charge is 0.371 e. The number of rotatable bonds is 2. The third-order valence-corrected chi connectivity index (χ3v) is 4.47. The van der Waals surface area contributed by atoms with E-state index in [1.807, 2.05) is 4.90 Å². The Kier molecular flexibility index (Phi) is 3.11. The van der Waals surface area contributed by atoms with E-state index in [-0.39, 0.29) is 5.41 Å². The van der Waals surface area contributed by atoms with Crippen LogP contribution in [0.1, 0.15) is 31.2 Å². The van der Waals surface area contributed by atoms with Crippen LogP contribution in [0.2, 0.25) is 0 Å². The molecule has 3 rings (SSSR count). The molecule has 0 atom stereocenters. The molecule has 1 saturated carbocycles. The number of hydrogen-bond acceptors (Lipinski definition) is 3. The average Bonchev–Trinajstić information content (AvgIpc) is 3.16. The zero-order chi connectivity index (χ0) is 15.3. The van der Waals surface area contributed by atoms with Gasteiger partial charge in [0.05, 0.1) is 4.92 Å². The van der Waals surface area contributed by atoms with Gasteiger partial charge in [0.1, 0.15) is 5.56 Å². The van der Waals surface area contributed by atoms with Crippen molar-refractivity contribution in [3.8, 4) is 0 Å². The molecule has 0 N–H and O–H groups in total. The standard InChI is InChI=1S/C14H15F3N2O2/c15-14(16,17)11-8-10(2-3-12(11)19(20)21)18-7-1-4-13(9-18)5-6-13/h2-3,8H,1,4-7,9H2. The summed E-state index contributed by atoms with van der Waals surface area (Å²) in [7, 11) is 0. The summed E-state index contributed by atoms with van der Waals surface area (Å²) in [5, 5.41) is 10.8. The topological polar surface area (TPSA) is 46.4 Å². The van der Waals surface area contributed by atoms with E-state index < -0.39 is 22.4 Å². The summed E-state index contributed by atoms with van der Waals surface area (Å²) >= 11 is 0. The summed E-state index contributed by atoms with van der Waals surface area (Å²) in [5.74, 6) is 0. The number of halogens is 3. The van der Waals surface area contributed by atoms with Gasteiger partial charge < -0.3 is 4.90 Å². The SMILES string of the molecule is O=[N+]([O-])c1ccc(N2CCCC3(CC3)C2)cc1C(F)(F)F. The van der Waals surface area contributed by atoms with E-state index in [4.69, 9.17) is 0 Å². The Bertz CT molecular complexity index is 582. The van der Waals surface area contributed by atoms with E-state index in [0.717, 1.165) is 44.4 Å². The van der Waals surface area contributed by atoms with Crippen molar-refractivity contribution in [1.82, 2.24) is 0 Å². The Morgan fingerprint density at radius 3 is 2.52 bits per heavy atom. The number of nitro benzene ring substituents is 1. The van der Waals surface area contributed by atoms with Crippen molar-refractivity contribution in [3.63, 3.8) is 0 Å². The van der Waals surface area contributed by atoms with E-state index >= 15 is 0 Å². The van der Waals surface area contributed by atoms with Crippen molar-refractivity contribution in [3.05, 3.63) is 33.9 Å². The molecule has 1 aliphatic heterocycles. The normalized spacial score (nSPS) is 20.6. The first-order valence-corrected chi connectivity index (χ1v) is 6.91. The molecule has 0 aromatic heterocycles. The second kappa shape index (κ2) is 4.61. The number of nitro groups is 1. The van der Waals surface area contributed by atoms with Crippen LogP contribution in [0.4, 0.5) is 24.5 Å². The van der Waals surface area contributed by atoms with Crippen molar-refractivity contribution in [2.75, 3.05) is 18.0 Å². The van der Waals surface area contributed by atoms with E-state index in [1.165, 1.54) is 6.07 Å². The highest BCUT2D eigenvalue weighted by Gasteiger charge is 2.46. The Hall–Kier alpha value is -1.79. The van der Waals surface area contributed by atoms with Gasteiger partial charge in [-0.3, -0.25) is 10.1 Å². The highest BCUT2D eigenvalue weighted by Crippen LogP contribution is 2.52. The molecule has 1 aromatic carbocycles. The Balaban J connectivity index is 1.94. The van der Waals surface area contributed by atoms with E-state index in [1.54, 1.807) is 0 Å². The molecule has 21 heavy (non-hydrogen) atoms. The molecule has 7 heteroatoms. The zero-order valence-corrected chi connectivity index (χ0v) is 11.3. The number of hydrogen-bond donors (Lipinski definition) is 0. The molecule has 0 unspecified atom stereocenters. The van der Waals surface area contributed by atoms with Gasteiger partial charge >= 0.3 is 6.18 Å². The maximum Gasteiger partial charge on any atom is 0.423 e. The highest BCUT2D eigenvalue weighted by molar-refractivity contribution is 5.57. The van der Waals surface area contributed by atoms with Crippen LogP contribution in [0.3, 0.4) is 0 Å². The first-order chi connectivity index (χ1) is 9.81. The fraction of sp³-hybridized carbons (Fsp3) is 0.571. The molecule has 1 saturated heterocycles. The Labute approximate surface area is 119 Å². The predicted molar refractivity (Wildman–Crippen MR) is 71.2 cm³/mol. The first-order valence-electron chi connectivity index (χ1n) is 6.91. The molecule has 0 radical (unpaired) electrons. The van der Waals surface area contributed by atoms with E-state index in [2.05, 4.69) is 0 Å². The van der Waals surface area contributed by atoms with Crippen LogP contribution in [0, 0.1) is 15.5 Å². The number of benzene rings is 1. The molecule has 1 aliphatic carbocycles. The molecule has 4 nitrogen and oxygen atoms in total. The van der Waals surface area contributed by atoms with Gasteiger partial charge in [-0.25, -0.2) is 0 Å². The predicted octanol–water partition coefficient (Wildman–Crippen LogP) is 3.99. The number of anilines is 1. The Morgan fingerprint density at radius 2 is 1.95 bits per heavy atom. The first kappa shape index (κ1) is 14.2. The van der Waals surface area contributed by atoms with Gasteiger partial charge in [-0.15, -0.1) is 0 Å². The van der Waals surface area contributed by atoms with Gasteiger partial charge in [-0.05, 0) is 43.2 Å². The van der Waals surface area contributed by atoms with Crippen LogP contribution in [-0.4, -0.2) is 18.0 Å². The fourth-order valence-corrected chi connectivity index (χ4v) is 3.12. The molecule has 114 valence electrons. The molecule has 2 fully saturated rings. The van der Waals surface area contributed by atoms with Crippen LogP contribution in [0.5, 0.6) is 0 Å². The lowest BCUT2D eigenvalue weighted by atomic mass is 9.94. The largest absolute Gasteiger partial charge is 0.423 e. The summed E-state index contributed by atoms with van der Waals surface area (Å²) in [5.41, 5.74) is -1.35. The summed E-state index contributed by atoms with van der Waals surface area (Å²) in [4.78, 5) is 11.7. The fourth-order valence-electron chi connectivity index (χ4n) is 3.12. The molecule has 0 bridgehead atoms. The minimum absolute atomic E-state index is 0.276. The van der Waals surface area contributed by atoms with Crippen LogP contribution in [-0.2, 0) is 6.18 Å². The van der Waals surface area contributed by atoms with Crippen molar-refractivity contribution in [1.29, 1.82) is 0 Å². The van der Waals surface area contributed by atoms with Crippen molar-refractivity contribution in [2.45, 2.75) is 31.9 Å². The number of alkyl halides is 3. The van der Waals surface area contributed by atoms with Gasteiger partial charge in [0.2, 0.25) is 0 Å². The molecule has 1 spiro atoms. The van der Waals surface area contributed by atoms with Crippen LogP contribution in [0.15, 0.2) is 18.2 Å². The molecular formula is C14H15F3N2O2. The van der Waals surface area contributed by atoms with Crippen molar-refractivity contribution >= 4 is 11.4 Å². The second-order valence-corrected chi connectivity index (χ2v) is 5.98. The van der Waals surface area contributed by atoms with Crippen molar-refractivity contribution in [2.24, 2.45) is 5.41 Å². The van der Waals surface area contributed by atoms with E-state index in [9.17, 15) is 23.3 Å². The second-order valence-electron chi connectivity index (χ2n) is 5.98. The maximum atomic E-state index is 13.0. The Morgan fingerprint density at radius 1 is 1.24 bits per heavy atom. The summed E-state index contributed by atoms with van der Waals surface area (Å²) in [6, 6.07) is 3.31. The van der Waals surface area contributed by atoms with Crippen LogP contribution in [0.25, 0.3) is 0 Å². The van der Waals surface area contributed by atoms with Gasteiger partial charge in [0.15, 0.2) is 0 Å². The lowest BCUT2D eigenvalue weighted by Gasteiger charge is -2.35. The zero-order valence-electron chi connectivity index (χ0n) is 11.3. The number of piperidine rings is 1. The van der Waals surface area contributed by atoms with Gasteiger partial charge in [0, 0.05) is 24.8 Å². The molecule has 1 heterocycles. The lowest BCUT2D eigenvalue weighted by Crippen LogP contribution is -2.36. The van der Waals surface area contributed by atoms with Gasteiger partial charge in [-0.1, -0.05) is 0 Å². The highest BCUT2D eigenvalue weighted by atomic mass is 19.4. The monoisotopic (exact) mass is 300 g/mol. The molecule has 0 amide bonds. The maximum absolute atomic E-state index is 13.0. The minimum Gasteiger partial charge on any atom is -0.371 e. The van der Waals surface area contributed by atoms with E-state index in [0.29, 0.717) is 12.2 Å².